The van der Waals surface area contributed by atoms with Crippen LogP contribution in [0.25, 0.3) is 0 Å². The lowest BCUT2D eigenvalue weighted by Gasteiger charge is -2.12. The van der Waals surface area contributed by atoms with Gasteiger partial charge in [-0.15, -0.1) is 0 Å². The van der Waals surface area contributed by atoms with Crippen molar-refractivity contribution in [2.75, 3.05) is 17.7 Å². The van der Waals surface area contributed by atoms with E-state index in [1.807, 2.05) is 6.07 Å². The van der Waals surface area contributed by atoms with E-state index in [0.717, 1.165) is 0 Å². The highest BCUT2D eigenvalue weighted by molar-refractivity contribution is 7.80. The molecule has 0 unspecified atom stereocenters. The molecular formula is C15H15N3O2S. The smallest absolute Gasteiger partial charge is 0.323 e. The summed E-state index contributed by atoms with van der Waals surface area (Å²) in [5, 5.41) is 5.44. The Morgan fingerprint density at radius 2 is 1.62 bits per heavy atom. The third kappa shape index (κ3) is 3.70. The molecule has 0 aliphatic heterocycles. The predicted octanol–water partition coefficient (Wildman–Crippen LogP) is 2.97. The number of nitrogens with one attached hydrogen (secondary N) is 2. The maximum Gasteiger partial charge on any atom is 0.323 e. The van der Waals surface area contributed by atoms with Gasteiger partial charge in [-0.25, -0.2) is 4.79 Å². The molecule has 21 heavy (non-hydrogen) atoms. The number of methoxy groups -OCH3 is 1. The fraction of sp³-hybridized carbons (Fsp3) is 0.0667. The number of amides is 2. The van der Waals surface area contributed by atoms with E-state index in [-0.39, 0.29) is 4.99 Å². The minimum Gasteiger partial charge on any atom is -0.495 e. The summed E-state index contributed by atoms with van der Waals surface area (Å²) in [5.74, 6) is 0.579. The summed E-state index contributed by atoms with van der Waals surface area (Å²) in [4.78, 5) is 12.3. The highest BCUT2D eigenvalue weighted by atomic mass is 32.1. The van der Waals surface area contributed by atoms with Gasteiger partial charge in [-0.05, 0) is 24.3 Å². The molecule has 0 aliphatic rings. The summed E-state index contributed by atoms with van der Waals surface area (Å²) in [6.45, 7) is 0. The van der Waals surface area contributed by atoms with E-state index in [2.05, 4.69) is 10.6 Å². The summed E-state index contributed by atoms with van der Waals surface area (Å²) < 4.78 is 5.18. The Hall–Kier alpha value is -2.60. The molecule has 2 amide bonds. The van der Waals surface area contributed by atoms with Gasteiger partial charge in [-0.1, -0.05) is 36.5 Å². The molecule has 2 aromatic rings. The van der Waals surface area contributed by atoms with Crippen LogP contribution in [-0.4, -0.2) is 18.1 Å². The van der Waals surface area contributed by atoms with Gasteiger partial charge in [0.25, 0.3) is 0 Å². The van der Waals surface area contributed by atoms with Crippen LogP contribution in [0.4, 0.5) is 16.2 Å². The molecule has 0 atom stereocenters. The predicted molar refractivity (Wildman–Crippen MR) is 88.0 cm³/mol. The standard InChI is InChI=1S/C15H15N3O2S/c1-20-13-9-5-4-8-12(13)18-15(19)17-11-7-3-2-6-10(11)14(16)21/h2-9H,1H3,(H2,16,21)(H2,17,18,19). The van der Waals surface area contributed by atoms with Crippen molar-refractivity contribution in [2.45, 2.75) is 0 Å². The van der Waals surface area contributed by atoms with Crippen LogP contribution < -0.4 is 21.1 Å². The molecule has 0 aromatic heterocycles. The van der Waals surface area contributed by atoms with Crippen LogP contribution in [0.3, 0.4) is 0 Å². The number of ether oxygens (including phenoxy) is 1. The van der Waals surface area contributed by atoms with Crippen molar-refractivity contribution in [3.8, 4) is 5.75 Å². The Bertz CT molecular complexity index is 673. The topological polar surface area (TPSA) is 76.4 Å². The van der Waals surface area contributed by atoms with Crippen molar-refractivity contribution in [1.82, 2.24) is 0 Å². The number of rotatable bonds is 4. The third-order valence-electron chi connectivity index (χ3n) is 2.80. The first-order valence-electron chi connectivity index (χ1n) is 6.21. The number of carbonyl (C=O) groups excluding carboxylic acids is 1. The summed E-state index contributed by atoms with van der Waals surface area (Å²) >= 11 is 4.96. The fourth-order valence-electron chi connectivity index (χ4n) is 1.83. The zero-order chi connectivity index (χ0) is 15.2. The van der Waals surface area contributed by atoms with E-state index in [0.29, 0.717) is 22.7 Å². The minimum absolute atomic E-state index is 0.225. The van der Waals surface area contributed by atoms with E-state index < -0.39 is 6.03 Å². The van der Waals surface area contributed by atoms with Crippen LogP contribution in [0.5, 0.6) is 5.75 Å². The molecule has 4 N–H and O–H groups in total. The van der Waals surface area contributed by atoms with Crippen molar-refractivity contribution in [2.24, 2.45) is 5.73 Å². The number of anilines is 2. The van der Waals surface area contributed by atoms with Gasteiger partial charge in [-0.3, -0.25) is 0 Å². The van der Waals surface area contributed by atoms with E-state index >= 15 is 0 Å². The van der Waals surface area contributed by atoms with Gasteiger partial charge in [0.1, 0.15) is 10.7 Å². The van der Waals surface area contributed by atoms with Gasteiger partial charge in [-0.2, -0.15) is 0 Å². The highest BCUT2D eigenvalue weighted by Gasteiger charge is 2.10. The van der Waals surface area contributed by atoms with E-state index in [1.165, 1.54) is 0 Å². The first kappa shape index (κ1) is 14.8. The first-order valence-corrected chi connectivity index (χ1v) is 6.62. The Labute approximate surface area is 128 Å². The van der Waals surface area contributed by atoms with E-state index in [1.54, 1.807) is 49.6 Å². The minimum atomic E-state index is -0.400. The Kier molecular flexibility index (Phi) is 4.73. The van der Waals surface area contributed by atoms with E-state index in [4.69, 9.17) is 22.7 Å². The van der Waals surface area contributed by atoms with Crippen molar-refractivity contribution < 1.29 is 9.53 Å². The van der Waals surface area contributed by atoms with Crippen LogP contribution in [0, 0.1) is 0 Å². The van der Waals surface area contributed by atoms with Crippen molar-refractivity contribution in [3.63, 3.8) is 0 Å². The zero-order valence-electron chi connectivity index (χ0n) is 11.4. The van der Waals surface area contributed by atoms with Crippen LogP contribution in [-0.2, 0) is 0 Å². The molecule has 0 saturated heterocycles. The second-order valence-electron chi connectivity index (χ2n) is 4.19. The van der Waals surface area contributed by atoms with Gasteiger partial charge in [0.05, 0.1) is 18.5 Å². The van der Waals surface area contributed by atoms with Crippen molar-refractivity contribution >= 4 is 34.6 Å². The van der Waals surface area contributed by atoms with Gasteiger partial charge < -0.3 is 21.1 Å². The number of nitrogens with two attached hydrogens (primary N) is 1. The molecule has 5 nitrogen and oxygen atoms in total. The number of urea groups is 1. The highest BCUT2D eigenvalue weighted by Crippen LogP contribution is 2.23. The summed E-state index contributed by atoms with van der Waals surface area (Å²) in [5.41, 5.74) is 7.37. The van der Waals surface area contributed by atoms with E-state index in [9.17, 15) is 4.79 Å². The van der Waals surface area contributed by atoms with Crippen LogP contribution in [0.2, 0.25) is 0 Å². The van der Waals surface area contributed by atoms with Gasteiger partial charge in [0.15, 0.2) is 0 Å². The Balaban J connectivity index is 2.14. The first-order chi connectivity index (χ1) is 10.1. The molecule has 2 aromatic carbocycles. The monoisotopic (exact) mass is 301 g/mol. The molecule has 108 valence electrons. The molecule has 0 spiro atoms. The molecule has 0 aliphatic carbocycles. The molecule has 0 saturated carbocycles. The number of thiocarbonyl (C=S) groups is 1. The summed E-state index contributed by atoms with van der Waals surface area (Å²) in [6.07, 6.45) is 0. The van der Waals surface area contributed by atoms with Crippen molar-refractivity contribution in [1.29, 1.82) is 0 Å². The maximum absolute atomic E-state index is 12.1. The maximum atomic E-state index is 12.1. The van der Waals surface area contributed by atoms with Gasteiger partial charge in [0.2, 0.25) is 0 Å². The second kappa shape index (κ2) is 6.71. The largest absolute Gasteiger partial charge is 0.495 e. The lowest BCUT2D eigenvalue weighted by molar-refractivity contribution is 0.262. The summed E-state index contributed by atoms with van der Waals surface area (Å²) in [6, 6.07) is 13.8. The lowest BCUT2D eigenvalue weighted by atomic mass is 10.2. The fourth-order valence-corrected chi connectivity index (χ4v) is 2.01. The average Bonchev–Trinajstić information content (AvgIpc) is 2.48. The van der Waals surface area contributed by atoms with Gasteiger partial charge in [0, 0.05) is 5.56 Å². The molecule has 0 heterocycles. The molecule has 6 heteroatoms. The van der Waals surface area contributed by atoms with Crippen molar-refractivity contribution in [3.05, 3.63) is 54.1 Å². The normalized spacial score (nSPS) is 9.76. The number of hydrogen-bond donors (Lipinski definition) is 3. The number of carbonyl (C=O) groups is 1. The van der Waals surface area contributed by atoms with Crippen LogP contribution in [0.15, 0.2) is 48.5 Å². The SMILES string of the molecule is COc1ccccc1NC(=O)Nc1ccccc1C(N)=S. The van der Waals surface area contributed by atoms with Crippen LogP contribution >= 0.6 is 12.2 Å². The quantitative estimate of drug-likeness (QED) is 0.759. The lowest BCUT2D eigenvalue weighted by Crippen LogP contribution is -2.22. The molecule has 0 radical (unpaired) electrons. The number of para-hydroxylation sites is 3. The molecule has 2 rings (SSSR count). The van der Waals surface area contributed by atoms with Gasteiger partial charge >= 0.3 is 6.03 Å². The number of hydrogen-bond acceptors (Lipinski definition) is 3. The Morgan fingerprint density at radius 3 is 2.29 bits per heavy atom. The number of benzene rings is 2. The zero-order valence-corrected chi connectivity index (χ0v) is 12.2. The molecule has 0 fully saturated rings. The Morgan fingerprint density at radius 1 is 1.05 bits per heavy atom. The third-order valence-corrected chi connectivity index (χ3v) is 3.02. The molecule has 0 bridgehead atoms. The summed E-state index contributed by atoms with van der Waals surface area (Å²) in [7, 11) is 1.54. The second-order valence-corrected chi connectivity index (χ2v) is 4.63. The molecular weight excluding hydrogens is 286 g/mol. The average molecular weight is 301 g/mol. The van der Waals surface area contributed by atoms with Crippen LogP contribution in [0.1, 0.15) is 5.56 Å².